The van der Waals surface area contributed by atoms with Gasteiger partial charge in [0.15, 0.2) is 5.78 Å². The predicted molar refractivity (Wildman–Crippen MR) is 85.0 cm³/mol. The Morgan fingerprint density at radius 3 is 2.33 bits per heavy atom. The highest BCUT2D eigenvalue weighted by Crippen LogP contribution is 2.46. The van der Waals surface area contributed by atoms with E-state index in [-0.39, 0.29) is 21.6 Å². The molecule has 1 atom stereocenters. The molecule has 0 aliphatic heterocycles. The minimum absolute atomic E-state index is 0.0177. The molecule has 3 rings (SSSR count). The zero-order valence-electron chi connectivity index (χ0n) is 11.1. The van der Waals surface area contributed by atoms with Gasteiger partial charge in [0.2, 0.25) is 0 Å². The standard InChI is InChI=1S/C16H11Cl3O2/c1-16(9-2-4-10(17)5-3-9)7-8-6-11(20)13(18)14(19)12(8)15(16)21/h2-6,20H,7H2,1H3. The van der Waals surface area contributed by atoms with Crippen LogP contribution in [0.15, 0.2) is 30.3 Å². The molecule has 0 aromatic heterocycles. The van der Waals surface area contributed by atoms with E-state index in [4.69, 9.17) is 34.8 Å². The van der Waals surface area contributed by atoms with Crippen LogP contribution >= 0.6 is 34.8 Å². The van der Waals surface area contributed by atoms with E-state index >= 15 is 0 Å². The average molecular weight is 342 g/mol. The van der Waals surface area contributed by atoms with Crippen molar-refractivity contribution < 1.29 is 9.90 Å². The number of aromatic hydroxyl groups is 1. The normalized spacial score (nSPS) is 20.7. The summed E-state index contributed by atoms with van der Waals surface area (Å²) in [5, 5.41) is 10.5. The van der Waals surface area contributed by atoms with Gasteiger partial charge in [-0.2, -0.15) is 0 Å². The van der Waals surface area contributed by atoms with Crippen molar-refractivity contribution in [3.8, 4) is 5.75 Å². The summed E-state index contributed by atoms with van der Waals surface area (Å²) in [6.07, 6.45) is 0.466. The molecule has 0 fully saturated rings. The largest absolute Gasteiger partial charge is 0.506 e. The summed E-state index contributed by atoms with van der Waals surface area (Å²) in [6, 6.07) is 8.69. The van der Waals surface area contributed by atoms with E-state index in [0.29, 0.717) is 22.6 Å². The number of benzene rings is 2. The molecule has 21 heavy (non-hydrogen) atoms. The zero-order valence-corrected chi connectivity index (χ0v) is 13.4. The molecule has 2 aromatic rings. The zero-order chi connectivity index (χ0) is 15.4. The number of fused-ring (bicyclic) bond motifs is 1. The molecule has 108 valence electrons. The Bertz CT molecular complexity index is 753. The molecule has 0 radical (unpaired) electrons. The lowest BCUT2D eigenvalue weighted by atomic mass is 9.79. The van der Waals surface area contributed by atoms with E-state index in [1.54, 1.807) is 12.1 Å². The fourth-order valence-corrected chi connectivity index (χ4v) is 3.42. The van der Waals surface area contributed by atoms with Crippen molar-refractivity contribution >= 4 is 40.6 Å². The van der Waals surface area contributed by atoms with Crippen molar-refractivity contribution in [2.45, 2.75) is 18.8 Å². The first-order valence-electron chi connectivity index (χ1n) is 6.35. The summed E-state index contributed by atoms with van der Waals surface area (Å²) in [7, 11) is 0. The van der Waals surface area contributed by atoms with Crippen LogP contribution in [0.1, 0.15) is 28.4 Å². The van der Waals surface area contributed by atoms with Crippen LogP contribution in [0.2, 0.25) is 15.1 Å². The molecule has 1 aliphatic carbocycles. The van der Waals surface area contributed by atoms with E-state index in [1.807, 2.05) is 19.1 Å². The van der Waals surface area contributed by atoms with Gasteiger partial charge in [-0.25, -0.2) is 0 Å². The Labute approximate surface area is 137 Å². The fourth-order valence-electron chi connectivity index (χ4n) is 2.84. The van der Waals surface area contributed by atoms with Crippen LogP contribution in [0.3, 0.4) is 0 Å². The maximum absolute atomic E-state index is 12.8. The molecule has 0 heterocycles. The highest BCUT2D eigenvalue weighted by Gasteiger charge is 2.44. The van der Waals surface area contributed by atoms with Gasteiger partial charge in [-0.05, 0) is 42.7 Å². The Balaban J connectivity index is 2.16. The number of carbonyl (C=O) groups excluding carboxylic acids is 1. The molecule has 0 amide bonds. The van der Waals surface area contributed by atoms with Crippen LogP contribution in [0, 0.1) is 0 Å². The number of phenols is 1. The van der Waals surface area contributed by atoms with Gasteiger partial charge >= 0.3 is 0 Å². The Hall–Kier alpha value is -1.22. The quantitative estimate of drug-likeness (QED) is 0.788. The van der Waals surface area contributed by atoms with Crippen LogP contribution < -0.4 is 0 Å². The number of rotatable bonds is 1. The molecule has 1 aliphatic rings. The second-order valence-electron chi connectivity index (χ2n) is 5.40. The van der Waals surface area contributed by atoms with E-state index in [2.05, 4.69) is 0 Å². The van der Waals surface area contributed by atoms with E-state index in [1.165, 1.54) is 6.07 Å². The van der Waals surface area contributed by atoms with Gasteiger partial charge in [-0.15, -0.1) is 0 Å². The SMILES string of the molecule is CC1(c2ccc(Cl)cc2)Cc2cc(O)c(Cl)c(Cl)c2C1=O. The lowest BCUT2D eigenvalue weighted by Crippen LogP contribution is -2.29. The van der Waals surface area contributed by atoms with Crippen molar-refractivity contribution in [3.05, 3.63) is 62.1 Å². The third-order valence-corrected chi connectivity index (χ3v) is 5.13. The number of halogens is 3. The highest BCUT2D eigenvalue weighted by atomic mass is 35.5. The summed E-state index contributed by atoms with van der Waals surface area (Å²) in [4.78, 5) is 12.8. The van der Waals surface area contributed by atoms with Crippen LogP contribution in [-0.4, -0.2) is 10.9 Å². The Kier molecular flexibility index (Phi) is 3.44. The summed E-state index contributed by atoms with van der Waals surface area (Å²) in [6.45, 7) is 1.86. The van der Waals surface area contributed by atoms with Crippen LogP contribution in [0.25, 0.3) is 0 Å². The molecule has 0 saturated carbocycles. The lowest BCUT2D eigenvalue weighted by molar-refractivity contribution is 0.0915. The summed E-state index contributed by atoms with van der Waals surface area (Å²) >= 11 is 18.0. The van der Waals surface area contributed by atoms with Crippen molar-refractivity contribution in [2.24, 2.45) is 0 Å². The average Bonchev–Trinajstić information content (AvgIpc) is 2.70. The molecule has 0 bridgehead atoms. The molecule has 1 unspecified atom stereocenters. The van der Waals surface area contributed by atoms with E-state index < -0.39 is 5.41 Å². The maximum Gasteiger partial charge on any atom is 0.175 e. The van der Waals surface area contributed by atoms with Crippen molar-refractivity contribution in [1.82, 2.24) is 0 Å². The Morgan fingerprint density at radius 1 is 1.10 bits per heavy atom. The minimum atomic E-state index is -0.728. The van der Waals surface area contributed by atoms with Crippen molar-refractivity contribution in [1.29, 1.82) is 0 Å². The summed E-state index contributed by atoms with van der Waals surface area (Å²) in [5.74, 6) is -0.194. The number of carbonyl (C=O) groups is 1. The first-order chi connectivity index (χ1) is 9.84. The van der Waals surface area contributed by atoms with Gasteiger partial charge in [0.1, 0.15) is 10.8 Å². The van der Waals surface area contributed by atoms with Gasteiger partial charge < -0.3 is 5.11 Å². The monoisotopic (exact) mass is 340 g/mol. The van der Waals surface area contributed by atoms with Gasteiger partial charge in [-0.3, -0.25) is 4.79 Å². The van der Waals surface area contributed by atoms with E-state index in [9.17, 15) is 9.90 Å². The molecule has 5 heteroatoms. The third-order valence-electron chi connectivity index (χ3n) is 4.02. The second kappa shape index (κ2) is 4.91. The molecule has 2 aromatic carbocycles. The van der Waals surface area contributed by atoms with Crippen LogP contribution in [-0.2, 0) is 11.8 Å². The number of hydrogen-bond acceptors (Lipinski definition) is 2. The van der Waals surface area contributed by atoms with Gasteiger partial charge in [-0.1, -0.05) is 46.9 Å². The molecule has 1 N–H and O–H groups in total. The molecule has 2 nitrogen and oxygen atoms in total. The lowest BCUT2D eigenvalue weighted by Gasteiger charge is -2.22. The third kappa shape index (κ3) is 2.13. The number of Topliss-reactive ketones (excluding diaryl/α,β-unsaturated/α-hetero) is 1. The van der Waals surface area contributed by atoms with Crippen LogP contribution in [0.5, 0.6) is 5.75 Å². The van der Waals surface area contributed by atoms with Gasteiger partial charge in [0.25, 0.3) is 0 Å². The van der Waals surface area contributed by atoms with Crippen LogP contribution in [0.4, 0.5) is 0 Å². The van der Waals surface area contributed by atoms with E-state index in [0.717, 1.165) is 5.56 Å². The summed E-state index contributed by atoms with van der Waals surface area (Å²) in [5.41, 5.74) is 1.24. The first kappa shape index (κ1) is 14.7. The maximum atomic E-state index is 12.8. The first-order valence-corrected chi connectivity index (χ1v) is 7.48. The highest BCUT2D eigenvalue weighted by molar-refractivity contribution is 6.45. The molecule has 0 saturated heterocycles. The molecular weight excluding hydrogens is 331 g/mol. The van der Waals surface area contributed by atoms with Crippen molar-refractivity contribution in [2.75, 3.05) is 0 Å². The second-order valence-corrected chi connectivity index (χ2v) is 6.60. The Morgan fingerprint density at radius 2 is 1.71 bits per heavy atom. The predicted octanol–water partition coefficient (Wildman–Crippen LogP) is 5.05. The number of ketones is 1. The topological polar surface area (TPSA) is 37.3 Å². The van der Waals surface area contributed by atoms with Crippen molar-refractivity contribution in [3.63, 3.8) is 0 Å². The number of phenolic OH excluding ortho intramolecular Hbond substituents is 1. The molecule has 0 spiro atoms. The van der Waals surface area contributed by atoms with Gasteiger partial charge in [0, 0.05) is 10.6 Å². The fraction of sp³-hybridized carbons (Fsp3) is 0.188. The molecular formula is C16H11Cl3O2. The smallest absolute Gasteiger partial charge is 0.175 e. The minimum Gasteiger partial charge on any atom is -0.506 e. The summed E-state index contributed by atoms with van der Waals surface area (Å²) < 4.78 is 0. The van der Waals surface area contributed by atoms with Gasteiger partial charge in [0.05, 0.1) is 10.4 Å². The number of hydrogen-bond donors (Lipinski definition) is 1.